The Morgan fingerprint density at radius 2 is 1.94 bits per heavy atom. The molecule has 2 aliphatic rings. The van der Waals surface area contributed by atoms with Crippen LogP contribution in [0, 0.1) is 5.92 Å². The van der Waals surface area contributed by atoms with E-state index in [2.05, 4.69) is 30.3 Å². The average Bonchev–Trinajstić information content (AvgIpc) is 2.73. The first-order chi connectivity index (χ1) is 7.86. The third-order valence-corrected chi connectivity index (χ3v) is 3.62. The number of carbonyl (C=O) groups excluding carboxylic acids is 1. The second kappa shape index (κ2) is 3.75. The second-order valence-electron chi connectivity index (χ2n) is 4.51. The molecular formula is C15H14O. The molecule has 0 spiro atoms. The van der Waals surface area contributed by atoms with Gasteiger partial charge in [0.2, 0.25) is 0 Å². The molecule has 0 unspecified atom stereocenters. The van der Waals surface area contributed by atoms with E-state index in [1.807, 2.05) is 18.2 Å². The van der Waals surface area contributed by atoms with Crippen LogP contribution in [0.1, 0.15) is 24.3 Å². The highest BCUT2D eigenvalue weighted by atomic mass is 16.1. The van der Waals surface area contributed by atoms with E-state index in [-0.39, 0.29) is 0 Å². The summed E-state index contributed by atoms with van der Waals surface area (Å²) in [4.78, 5) is 11.7. The topological polar surface area (TPSA) is 17.1 Å². The molecule has 2 atom stereocenters. The third kappa shape index (κ3) is 1.44. The van der Waals surface area contributed by atoms with Crippen LogP contribution in [-0.4, -0.2) is 5.78 Å². The number of hydrogen-bond acceptors (Lipinski definition) is 1. The van der Waals surface area contributed by atoms with Gasteiger partial charge in [-0.15, -0.1) is 0 Å². The number of carbonyl (C=O) groups is 1. The third-order valence-electron chi connectivity index (χ3n) is 3.62. The van der Waals surface area contributed by atoms with Crippen molar-refractivity contribution in [3.05, 3.63) is 59.7 Å². The summed E-state index contributed by atoms with van der Waals surface area (Å²) >= 11 is 0. The molecular weight excluding hydrogens is 196 g/mol. The molecule has 0 bridgehead atoms. The molecule has 1 heteroatoms. The first kappa shape index (κ1) is 9.59. The van der Waals surface area contributed by atoms with Crippen molar-refractivity contribution in [2.75, 3.05) is 0 Å². The summed E-state index contributed by atoms with van der Waals surface area (Å²) in [6.45, 7) is 0. The van der Waals surface area contributed by atoms with Gasteiger partial charge < -0.3 is 0 Å². The highest BCUT2D eigenvalue weighted by molar-refractivity contribution is 5.98. The molecule has 1 aromatic carbocycles. The molecule has 16 heavy (non-hydrogen) atoms. The van der Waals surface area contributed by atoms with Crippen LogP contribution in [0.25, 0.3) is 0 Å². The first-order valence-electron chi connectivity index (χ1n) is 5.83. The van der Waals surface area contributed by atoms with E-state index < -0.39 is 0 Å². The zero-order chi connectivity index (χ0) is 11.0. The standard InChI is InChI=1S/C15H14O/c16-15-10-9-13-12(7-4-8-14(13)15)11-5-2-1-3-6-11/h1-8,12-13H,9-10H2/t12-,13+/m0/s1. The van der Waals surface area contributed by atoms with E-state index in [9.17, 15) is 4.79 Å². The molecule has 3 rings (SSSR count). The largest absolute Gasteiger partial charge is 0.295 e. The minimum absolute atomic E-state index is 0.343. The monoisotopic (exact) mass is 210 g/mol. The van der Waals surface area contributed by atoms with Gasteiger partial charge in [-0.3, -0.25) is 4.79 Å². The van der Waals surface area contributed by atoms with Gasteiger partial charge in [-0.05, 0) is 23.5 Å². The molecule has 1 saturated carbocycles. The lowest BCUT2D eigenvalue weighted by atomic mass is 9.80. The number of fused-ring (bicyclic) bond motifs is 1. The van der Waals surface area contributed by atoms with E-state index in [4.69, 9.17) is 0 Å². The van der Waals surface area contributed by atoms with Crippen LogP contribution < -0.4 is 0 Å². The Kier molecular flexibility index (Phi) is 2.24. The predicted molar refractivity (Wildman–Crippen MR) is 64.1 cm³/mol. The van der Waals surface area contributed by atoms with Gasteiger partial charge in [0, 0.05) is 12.3 Å². The van der Waals surface area contributed by atoms with E-state index in [0.29, 0.717) is 17.6 Å². The Morgan fingerprint density at radius 3 is 2.75 bits per heavy atom. The number of benzene rings is 1. The predicted octanol–water partition coefficient (Wildman–Crippen LogP) is 3.25. The summed E-state index contributed by atoms with van der Waals surface area (Å²) in [5, 5.41) is 0. The maximum Gasteiger partial charge on any atom is 0.159 e. The molecule has 1 fully saturated rings. The van der Waals surface area contributed by atoms with Gasteiger partial charge in [0.15, 0.2) is 5.78 Å². The Hall–Kier alpha value is -1.63. The summed E-state index contributed by atoms with van der Waals surface area (Å²) in [7, 11) is 0. The fourth-order valence-corrected chi connectivity index (χ4v) is 2.81. The molecule has 80 valence electrons. The number of rotatable bonds is 1. The van der Waals surface area contributed by atoms with Crippen LogP contribution in [0.4, 0.5) is 0 Å². The smallest absolute Gasteiger partial charge is 0.159 e. The lowest BCUT2D eigenvalue weighted by Gasteiger charge is -2.24. The average molecular weight is 210 g/mol. The normalized spacial score (nSPS) is 27.8. The first-order valence-corrected chi connectivity index (χ1v) is 5.83. The molecule has 0 N–H and O–H groups in total. The fraction of sp³-hybridized carbons (Fsp3) is 0.267. The van der Waals surface area contributed by atoms with Crippen molar-refractivity contribution in [1.82, 2.24) is 0 Å². The van der Waals surface area contributed by atoms with Gasteiger partial charge in [-0.1, -0.05) is 48.6 Å². The molecule has 0 heterocycles. The Bertz CT molecular complexity index is 467. The van der Waals surface area contributed by atoms with E-state index >= 15 is 0 Å². The molecule has 0 saturated heterocycles. The molecule has 0 aromatic heterocycles. The van der Waals surface area contributed by atoms with Crippen molar-refractivity contribution < 1.29 is 4.79 Å². The highest BCUT2D eigenvalue weighted by Gasteiger charge is 2.34. The van der Waals surface area contributed by atoms with Gasteiger partial charge in [0.1, 0.15) is 0 Å². The molecule has 0 aliphatic heterocycles. The summed E-state index contributed by atoms with van der Waals surface area (Å²) in [6.07, 6.45) is 7.99. The molecule has 1 aromatic rings. The quantitative estimate of drug-likeness (QED) is 0.695. The van der Waals surface area contributed by atoms with Crippen LogP contribution in [0.15, 0.2) is 54.1 Å². The van der Waals surface area contributed by atoms with Crippen molar-refractivity contribution in [2.24, 2.45) is 5.92 Å². The summed E-state index contributed by atoms with van der Waals surface area (Å²) in [5.74, 6) is 1.16. The van der Waals surface area contributed by atoms with Gasteiger partial charge in [-0.2, -0.15) is 0 Å². The van der Waals surface area contributed by atoms with Crippen molar-refractivity contribution in [1.29, 1.82) is 0 Å². The zero-order valence-corrected chi connectivity index (χ0v) is 9.10. The van der Waals surface area contributed by atoms with Crippen LogP contribution in [0.5, 0.6) is 0 Å². The molecule has 1 nitrogen and oxygen atoms in total. The van der Waals surface area contributed by atoms with Crippen molar-refractivity contribution in [3.8, 4) is 0 Å². The van der Waals surface area contributed by atoms with Crippen LogP contribution in [0.3, 0.4) is 0 Å². The lowest BCUT2D eigenvalue weighted by Crippen LogP contribution is -2.13. The number of allylic oxidation sites excluding steroid dienone is 4. The van der Waals surface area contributed by atoms with Gasteiger partial charge >= 0.3 is 0 Å². The molecule has 0 amide bonds. The van der Waals surface area contributed by atoms with Crippen molar-refractivity contribution >= 4 is 5.78 Å². The van der Waals surface area contributed by atoms with Crippen molar-refractivity contribution in [2.45, 2.75) is 18.8 Å². The van der Waals surface area contributed by atoms with E-state index in [1.54, 1.807) is 0 Å². The van der Waals surface area contributed by atoms with Crippen LogP contribution in [0.2, 0.25) is 0 Å². The summed E-state index contributed by atoms with van der Waals surface area (Å²) in [6, 6.07) is 10.5. The Balaban J connectivity index is 1.97. The minimum Gasteiger partial charge on any atom is -0.295 e. The fourth-order valence-electron chi connectivity index (χ4n) is 2.81. The van der Waals surface area contributed by atoms with E-state index in [0.717, 1.165) is 18.4 Å². The van der Waals surface area contributed by atoms with Crippen LogP contribution >= 0.6 is 0 Å². The zero-order valence-electron chi connectivity index (χ0n) is 9.10. The van der Waals surface area contributed by atoms with E-state index in [1.165, 1.54) is 5.56 Å². The summed E-state index contributed by atoms with van der Waals surface area (Å²) in [5.41, 5.74) is 2.36. The highest BCUT2D eigenvalue weighted by Crippen LogP contribution is 2.42. The Labute approximate surface area is 95.5 Å². The second-order valence-corrected chi connectivity index (χ2v) is 4.51. The lowest BCUT2D eigenvalue weighted by molar-refractivity contribution is -0.114. The van der Waals surface area contributed by atoms with Crippen molar-refractivity contribution in [3.63, 3.8) is 0 Å². The maximum atomic E-state index is 11.7. The van der Waals surface area contributed by atoms with Gasteiger partial charge in [0.25, 0.3) is 0 Å². The molecule has 2 aliphatic carbocycles. The van der Waals surface area contributed by atoms with Gasteiger partial charge in [0.05, 0.1) is 0 Å². The molecule has 0 radical (unpaired) electrons. The van der Waals surface area contributed by atoms with Crippen LogP contribution in [-0.2, 0) is 4.79 Å². The van der Waals surface area contributed by atoms with Gasteiger partial charge in [-0.25, -0.2) is 0 Å². The minimum atomic E-state index is 0.343. The Morgan fingerprint density at radius 1 is 1.12 bits per heavy atom. The SMILES string of the molecule is O=C1CC[C@H]2C1=CC=C[C@H]2c1ccccc1. The number of ketones is 1. The number of hydrogen-bond donors (Lipinski definition) is 0. The maximum absolute atomic E-state index is 11.7. The number of Topliss-reactive ketones (excluding diaryl/α,β-unsaturated/α-hetero) is 1. The summed E-state index contributed by atoms with van der Waals surface area (Å²) < 4.78 is 0.